The Morgan fingerprint density at radius 1 is 1.50 bits per heavy atom. The highest BCUT2D eigenvalue weighted by atomic mass is 19.1. The highest BCUT2D eigenvalue weighted by molar-refractivity contribution is 5.47. The van der Waals surface area contributed by atoms with Crippen LogP contribution in [0.2, 0.25) is 0 Å². The maximum absolute atomic E-state index is 12.6. The lowest BCUT2D eigenvalue weighted by atomic mass is 10.4. The lowest BCUT2D eigenvalue weighted by Crippen LogP contribution is -2.09. The molecule has 1 aromatic heterocycles. The zero-order valence-electron chi connectivity index (χ0n) is 7.04. The van der Waals surface area contributed by atoms with Gasteiger partial charge in [-0.1, -0.05) is 0 Å². The van der Waals surface area contributed by atoms with E-state index in [0.29, 0.717) is 5.69 Å². The number of anilines is 1. The molecule has 0 atom stereocenters. The van der Waals surface area contributed by atoms with Crippen LogP contribution in [0.3, 0.4) is 0 Å². The van der Waals surface area contributed by atoms with Gasteiger partial charge in [0, 0.05) is 0 Å². The van der Waals surface area contributed by atoms with Crippen LogP contribution in [0.25, 0.3) is 0 Å². The van der Waals surface area contributed by atoms with Crippen LogP contribution in [0.15, 0.2) is 12.1 Å². The van der Waals surface area contributed by atoms with Crippen LogP contribution in [0.5, 0.6) is 5.88 Å². The van der Waals surface area contributed by atoms with Crippen molar-refractivity contribution >= 4 is 5.69 Å². The number of nitrogens with zero attached hydrogens (tertiary/aromatic N) is 1. The Labute approximate surface area is 70.4 Å². The summed E-state index contributed by atoms with van der Waals surface area (Å²) in [5.41, 5.74) is 5.84. The van der Waals surface area contributed by atoms with E-state index >= 15 is 0 Å². The van der Waals surface area contributed by atoms with Gasteiger partial charge < -0.3 is 10.5 Å². The topological polar surface area (TPSA) is 48.1 Å². The van der Waals surface area contributed by atoms with E-state index in [1.54, 1.807) is 0 Å². The summed E-state index contributed by atoms with van der Waals surface area (Å²) in [4.78, 5) is 3.50. The van der Waals surface area contributed by atoms with Crippen molar-refractivity contribution in [3.05, 3.63) is 18.1 Å². The molecule has 2 N–H and O–H groups in total. The van der Waals surface area contributed by atoms with Crippen LogP contribution in [0.4, 0.5) is 10.1 Å². The third kappa shape index (κ3) is 2.08. The fourth-order valence-electron chi connectivity index (χ4n) is 0.746. The molecule has 0 aliphatic rings. The van der Waals surface area contributed by atoms with Crippen LogP contribution in [0, 0.1) is 5.95 Å². The van der Waals surface area contributed by atoms with E-state index in [4.69, 9.17) is 10.5 Å². The van der Waals surface area contributed by atoms with Crippen molar-refractivity contribution in [1.29, 1.82) is 0 Å². The monoisotopic (exact) mass is 170 g/mol. The number of hydrogen-bond donors (Lipinski definition) is 1. The molecule has 1 rings (SSSR count). The van der Waals surface area contributed by atoms with Crippen LogP contribution >= 0.6 is 0 Å². The molecule has 0 aliphatic heterocycles. The SMILES string of the molecule is CC(C)Oc1nc(F)ccc1N. The molecule has 0 radical (unpaired) electrons. The molecule has 4 heteroatoms. The average Bonchev–Trinajstić information content (AvgIpc) is 1.96. The maximum atomic E-state index is 12.6. The van der Waals surface area contributed by atoms with Crippen LogP contribution in [-0.4, -0.2) is 11.1 Å². The first-order chi connectivity index (χ1) is 5.59. The molecule has 0 fully saturated rings. The first-order valence-electron chi connectivity index (χ1n) is 3.68. The quantitative estimate of drug-likeness (QED) is 0.685. The third-order valence-corrected chi connectivity index (χ3v) is 1.20. The number of hydrogen-bond acceptors (Lipinski definition) is 3. The van der Waals surface area contributed by atoms with Gasteiger partial charge in [-0.15, -0.1) is 0 Å². The predicted octanol–water partition coefficient (Wildman–Crippen LogP) is 1.59. The summed E-state index contributed by atoms with van der Waals surface area (Å²) >= 11 is 0. The molecule has 0 saturated heterocycles. The summed E-state index contributed by atoms with van der Waals surface area (Å²) in [7, 11) is 0. The van der Waals surface area contributed by atoms with Gasteiger partial charge in [-0.05, 0) is 26.0 Å². The Kier molecular flexibility index (Phi) is 2.47. The Morgan fingerprint density at radius 3 is 2.75 bits per heavy atom. The molecule has 66 valence electrons. The minimum absolute atomic E-state index is 0.0541. The molecule has 0 bridgehead atoms. The van der Waals surface area contributed by atoms with Crippen molar-refractivity contribution in [3.63, 3.8) is 0 Å². The highest BCUT2D eigenvalue weighted by Gasteiger charge is 2.05. The number of ether oxygens (including phenoxy) is 1. The van der Waals surface area contributed by atoms with Gasteiger partial charge in [-0.3, -0.25) is 0 Å². The summed E-state index contributed by atoms with van der Waals surface area (Å²) < 4.78 is 17.7. The van der Waals surface area contributed by atoms with Gasteiger partial charge >= 0.3 is 0 Å². The normalized spacial score (nSPS) is 10.3. The zero-order valence-corrected chi connectivity index (χ0v) is 7.04. The van der Waals surface area contributed by atoms with Gasteiger partial charge in [-0.25, -0.2) is 0 Å². The van der Waals surface area contributed by atoms with Crippen LogP contribution in [-0.2, 0) is 0 Å². The van der Waals surface area contributed by atoms with Gasteiger partial charge in [0.1, 0.15) is 0 Å². The number of halogens is 1. The average molecular weight is 170 g/mol. The second-order valence-corrected chi connectivity index (χ2v) is 2.69. The minimum atomic E-state index is -0.583. The second-order valence-electron chi connectivity index (χ2n) is 2.69. The van der Waals surface area contributed by atoms with Gasteiger partial charge in [0.2, 0.25) is 11.8 Å². The fraction of sp³-hybridized carbons (Fsp3) is 0.375. The molecular formula is C8H11FN2O. The van der Waals surface area contributed by atoms with Crippen molar-refractivity contribution in [2.75, 3.05) is 5.73 Å². The maximum Gasteiger partial charge on any atom is 0.240 e. The van der Waals surface area contributed by atoms with Crippen molar-refractivity contribution < 1.29 is 9.13 Å². The third-order valence-electron chi connectivity index (χ3n) is 1.20. The van der Waals surface area contributed by atoms with Crippen molar-refractivity contribution in [2.24, 2.45) is 0 Å². The fourth-order valence-corrected chi connectivity index (χ4v) is 0.746. The molecule has 1 aromatic rings. The molecule has 1 heterocycles. The Balaban J connectivity index is 2.90. The van der Waals surface area contributed by atoms with E-state index in [9.17, 15) is 4.39 Å². The molecule has 3 nitrogen and oxygen atoms in total. The van der Waals surface area contributed by atoms with E-state index in [-0.39, 0.29) is 12.0 Å². The predicted molar refractivity (Wildman–Crippen MR) is 44.4 cm³/mol. The summed E-state index contributed by atoms with van der Waals surface area (Å²) in [6.45, 7) is 3.65. The van der Waals surface area contributed by atoms with E-state index < -0.39 is 5.95 Å². The largest absolute Gasteiger partial charge is 0.473 e. The molecular weight excluding hydrogens is 159 g/mol. The Bertz CT molecular complexity index is 276. The van der Waals surface area contributed by atoms with Crippen LogP contribution < -0.4 is 10.5 Å². The molecule has 0 aromatic carbocycles. The number of pyridine rings is 1. The van der Waals surface area contributed by atoms with E-state index in [1.807, 2.05) is 13.8 Å². The van der Waals surface area contributed by atoms with Gasteiger partial charge in [-0.2, -0.15) is 9.37 Å². The summed E-state index contributed by atoms with van der Waals surface area (Å²) in [6, 6.07) is 2.63. The van der Waals surface area contributed by atoms with E-state index in [1.165, 1.54) is 12.1 Å². The van der Waals surface area contributed by atoms with E-state index in [0.717, 1.165) is 0 Å². The van der Waals surface area contributed by atoms with Crippen molar-refractivity contribution in [1.82, 2.24) is 4.98 Å². The Morgan fingerprint density at radius 2 is 2.17 bits per heavy atom. The van der Waals surface area contributed by atoms with Gasteiger partial charge in [0.15, 0.2) is 0 Å². The number of nitrogens with two attached hydrogens (primary N) is 1. The molecule has 12 heavy (non-hydrogen) atoms. The highest BCUT2D eigenvalue weighted by Crippen LogP contribution is 2.18. The smallest absolute Gasteiger partial charge is 0.240 e. The second kappa shape index (κ2) is 3.38. The lowest BCUT2D eigenvalue weighted by Gasteiger charge is -2.09. The number of nitrogen functional groups attached to an aromatic ring is 1. The molecule has 0 spiro atoms. The summed E-state index contributed by atoms with van der Waals surface area (Å²) in [5, 5.41) is 0. The molecule has 0 saturated carbocycles. The minimum Gasteiger partial charge on any atom is -0.473 e. The summed E-state index contributed by atoms with van der Waals surface area (Å²) in [6.07, 6.45) is -0.0541. The first kappa shape index (κ1) is 8.77. The van der Waals surface area contributed by atoms with Crippen molar-refractivity contribution in [3.8, 4) is 5.88 Å². The van der Waals surface area contributed by atoms with E-state index in [2.05, 4.69) is 4.98 Å². The number of aromatic nitrogens is 1. The molecule has 0 aliphatic carbocycles. The standard InChI is InChI=1S/C8H11FN2O/c1-5(2)12-8-6(10)3-4-7(9)11-8/h3-5H,10H2,1-2H3. The van der Waals surface area contributed by atoms with Crippen molar-refractivity contribution in [2.45, 2.75) is 20.0 Å². The van der Waals surface area contributed by atoms with Crippen LogP contribution in [0.1, 0.15) is 13.8 Å². The van der Waals surface area contributed by atoms with Gasteiger partial charge in [0.25, 0.3) is 0 Å². The molecule has 0 amide bonds. The molecule has 0 unspecified atom stereocenters. The number of rotatable bonds is 2. The first-order valence-corrected chi connectivity index (χ1v) is 3.68. The zero-order chi connectivity index (χ0) is 9.14. The lowest BCUT2D eigenvalue weighted by molar-refractivity contribution is 0.231. The summed E-state index contributed by atoms with van der Waals surface area (Å²) in [5.74, 6) is -0.426. The Hall–Kier alpha value is -1.32. The van der Waals surface area contributed by atoms with Gasteiger partial charge in [0.05, 0.1) is 11.8 Å².